The lowest BCUT2D eigenvalue weighted by Crippen LogP contribution is -2.06. The van der Waals surface area contributed by atoms with Gasteiger partial charge in [-0.2, -0.15) is 13.2 Å². The number of halogens is 4. The van der Waals surface area contributed by atoms with Crippen LogP contribution in [0.5, 0.6) is 11.5 Å². The normalized spacial score (nSPS) is 16.6. The topological polar surface area (TPSA) is 74.0 Å². The summed E-state index contributed by atoms with van der Waals surface area (Å²) in [5, 5.41) is 11.0. The molecular formula is C17H12ClF3N2O4. The number of hydrogen-bond acceptors (Lipinski definition) is 5. The number of rotatable bonds is 4. The third kappa shape index (κ3) is 4.13. The van der Waals surface area contributed by atoms with Crippen molar-refractivity contribution in [2.45, 2.75) is 19.1 Å². The molecule has 1 atom stereocenters. The minimum atomic E-state index is -4.53. The van der Waals surface area contributed by atoms with Crippen molar-refractivity contribution in [3.8, 4) is 11.5 Å². The third-order valence-electron chi connectivity index (χ3n) is 3.68. The quantitative estimate of drug-likeness (QED) is 0.520. The first-order chi connectivity index (χ1) is 12.6. The fraction of sp³-hybridized carbons (Fsp3) is 0.235. The predicted octanol–water partition coefficient (Wildman–Crippen LogP) is 5.22. The van der Waals surface area contributed by atoms with Crippen molar-refractivity contribution in [3.05, 3.63) is 62.7 Å². The fourth-order valence-electron chi connectivity index (χ4n) is 2.42. The number of aliphatic imine (C=N–C) groups is 1. The first-order valence-electron chi connectivity index (χ1n) is 7.69. The molecule has 0 spiro atoms. The fourth-order valence-corrected chi connectivity index (χ4v) is 2.64. The van der Waals surface area contributed by atoms with E-state index in [1.54, 1.807) is 6.92 Å². The summed E-state index contributed by atoms with van der Waals surface area (Å²) in [6.45, 7) is 2.09. The Hall–Kier alpha value is -2.81. The molecule has 0 aromatic heterocycles. The summed E-state index contributed by atoms with van der Waals surface area (Å²) in [6, 6.07) is 6.37. The molecule has 2 aromatic carbocycles. The molecule has 6 nitrogen and oxygen atoms in total. The molecule has 0 fully saturated rings. The Morgan fingerprint density at radius 1 is 1.30 bits per heavy atom. The number of nitro groups is 1. The van der Waals surface area contributed by atoms with E-state index in [-0.39, 0.29) is 39.7 Å². The Labute approximate surface area is 156 Å². The summed E-state index contributed by atoms with van der Waals surface area (Å²) < 4.78 is 49.0. The van der Waals surface area contributed by atoms with Gasteiger partial charge in [0, 0.05) is 12.1 Å². The molecule has 10 heteroatoms. The van der Waals surface area contributed by atoms with Crippen molar-refractivity contribution >= 4 is 23.2 Å². The van der Waals surface area contributed by atoms with E-state index in [0.717, 1.165) is 18.2 Å². The molecule has 0 amide bonds. The Morgan fingerprint density at radius 3 is 2.59 bits per heavy atom. The van der Waals surface area contributed by atoms with Crippen LogP contribution in [0.1, 0.15) is 18.1 Å². The summed E-state index contributed by atoms with van der Waals surface area (Å²) in [4.78, 5) is 14.8. The van der Waals surface area contributed by atoms with E-state index < -0.39 is 16.7 Å². The van der Waals surface area contributed by atoms with Crippen LogP contribution in [0.15, 0.2) is 41.4 Å². The second-order valence-electron chi connectivity index (χ2n) is 5.78. The van der Waals surface area contributed by atoms with Crippen LogP contribution in [-0.4, -0.2) is 23.5 Å². The van der Waals surface area contributed by atoms with Crippen LogP contribution in [0.4, 0.5) is 18.9 Å². The zero-order valence-corrected chi connectivity index (χ0v) is 14.5. The maximum atomic E-state index is 12.7. The molecule has 0 radical (unpaired) electrons. The lowest BCUT2D eigenvalue weighted by atomic mass is 10.1. The highest BCUT2D eigenvalue weighted by Gasteiger charge is 2.31. The van der Waals surface area contributed by atoms with E-state index in [4.69, 9.17) is 21.1 Å². The molecule has 0 saturated carbocycles. The Kier molecular flexibility index (Phi) is 4.97. The first-order valence-corrected chi connectivity index (χ1v) is 8.07. The first kappa shape index (κ1) is 19.0. The molecule has 0 saturated heterocycles. The van der Waals surface area contributed by atoms with Crippen LogP contribution in [0.3, 0.4) is 0 Å². The van der Waals surface area contributed by atoms with Crippen LogP contribution >= 0.6 is 11.6 Å². The molecule has 2 aromatic rings. The molecule has 27 heavy (non-hydrogen) atoms. The second kappa shape index (κ2) is 7.07. The van der Waals surface area contributed by atoms with Gasteiger partial charge in [-0.1, -0.05) is 11.6 Å². The highest BCUT2D eigenvalue weighted by Crippen LogP contribution is 2.37. The Bertz CT molecular complexity index is 931. The Morgan fingerprint density at radius 2 is 2.04 bits per heavy atom. The molecule has 0 bridgehead atoms. The summed E-state index contributed by atoms with van der Waals surface area (Å²) in [5.41, 5.74) is -1.02. The molecule has 1 aliphatic heterocycles. The van der Waals surface area contributed by atoms with Crippen LogP contribution in [-0.2, 0) is 10.9 Å². The standard InChI is InChI=1S/C17H12ClF3N2O4/c1-9-8-26-16(22-9)12-7-11(3-4-14(12)23(24)25)27-15-5-2-10(6-13(15)18)17(19,20)21/h2-7,9H,8H2,1H3. The van der Waals surface area contributed by atoms with E-state index in [0.29, 0.717) is 6.61 Å². The predicted molar refractivity (Wildman–Crippen MR) is 91.6 cm³/mol. The summed E-state index contributed by atoms with van der Waals surface area (Å²) in [5.74, 6) is 0.230. The van der Waals surface area contributed by atoms with Gasteiger partial charge < -0.3 is 9.47 Å². The highest BCUT2D eigenvalue weighted by molar-refractivity contribution is 6.32. The number of hydrogen-bond donors (Lipinski definition) is 0. The molecule has 1 heterocycles. The van der Waals surface area contributed by atoms with Gasteiger partial charge in [-0.05, 0) is 31.2 Å². The van der Waals surface area contributed by atoms with Gasteiger partial charge in [-0.3, -0.25) is 10.1 Å². The van der Waals surface area contributed by atoms with Crippen molar-refractivity contribution in [2.24, 2.45) is 4.99 Å². The molecule has 3 rings (SSSR count). The van der Waals surface area contributed by atoms with Crippen molar-refractivity contribution in [1.29, 1.82) is 0 Å². The van der Waals surface area contributed by atoms with E-state index in [1.807, 2.05) is 0 Å². The monoisotopic (exact) mass is 400 g/mol. The lowest BCUT2D eigenvalue weighted by molar-refractivity contribution is -0.385. The van der Waals surface area contributed by atoms with E-state index in [2.05, 4.69) is 4.99 Å². The number of benzene rings is 2. The van der Waals surface area contributed by atoms with Crippen LogP contribution in [0, 0.1) is 10.1 Å². The third-order valence-corrected chi connectivity index (χ3v) is 3.98. The van der Waals surface area contributed by atoms with Gasteiger partial charge in [-0.15, -0.1) is 0 Å². The van der Waals surface area contributed by atoms with Crippen molar-refractivity contribution < 1.29 is 27.6 Å². The van der Waals surface area contributed by atoms with Gasteiger partial charge >= 0.3 is 6.18 Å². The molecule has 1 aliphatic rings. The van der Waals surface area contributed by atoms with E-state index in [9.17, 15) is 23.3 Å². The SMILES string of the molecule is CC1COC(c2cc(Oc3ccc(C(F)(F)F)cc3Cl)ccc2[N+](=O)[O-])=N1. The molecule has 0 N–H and O–H groups in total. The molecule has 0 aliphatic carbocycles. The number of ether oxygens (including phenoxy) is 2. The van der Waals surface area contributed by atoms with Crippen LogP contribution in [0.2, 0.25) is 5.02 Å². The van der Waals surface area contributed by atoms with Crippen LogP contribution in [0.25, 0.3) is 0 Å². The van der Waals surface area contributed by atoms with Crippen molar-refractivity contribution in [1.82, 2.24) is 0 Å². The zero-order valence-electron chi connectivity index (χ0n) is 13.8. The van der Waals surface area contributed by atoms with E-state index >= 15 is 0 Å². The molecular weight excluding hydrogens is 389 g/mol. The Balaban J connectivity index is 1.94. The largest absolute Gasteiger partial charge is 0.475 e. The van der Waals surface area contributed by atoms with Gasteiger partial charge in [0.05, 0.1) is 21.6 Å². The number of nitro benzene ring substituents is 1. The second-order valence-corrected chi connectivity index (χ2v) is 6.18. The van der Waals surface area contributed by atoms with Crippen molar-refractivity contribution in [3.63, 3.8) is 0 Å². The lowest BCUT2D eigenvalue weighted by Gasteiger charge is -2.12. The molecule has 142 valence electrons. The number of nitrogens with zero attached hydrogens (tertiary/aromatic N) is 2. The minimum absolute atomic E-state index is 0.0212. The van der Waals surface area contributed by atoms with Gasteiger partial charge in [0.1, 0.15) is 23.7 Å². The van der Waals surface area contributed by atoms with Gasteiger partial charge in [0.2, 0.25) is 5.90 Å². The smallest absolute Gasteiger partial charge is 0.416 e. The van der Waals surface area contributed by atoms with E-state index in [1.165, 1.54) is 18.2 Å². The van der Waals surface area contributed by atoms with Crippen molar-refractivity contribution in [2.75, 3.05) is 6.61 Å². The minimum Gasteiger partial charge on any atom is -0.475 e. The average molecular weight is 401 g/mol. The summed E-state index contributed by atoms with van der Waals surface area (Å²) >= 11 is 5.87. The summed E-state index contributed by atoms with van der Waals surface area (Å²) in [6.07, 6.45) is -4.53. The van der Waals surface area contributed by atoms with Gasteiger partial charge in [-0.25, -0.2) is 4.99 Å². The average Bonchev–Trinajstić information content (AvgIpc) is 3.02. The van der Waals surface area contributed by atoms with Gasteiger partial charge in [0.15, 0.2) is 0 Å². The maximum absolute atomic E-state index is 12.7. The summed E-state index contributed by atoms with van der Waals surface area (Å²) in [7, 11) is 0. The van der Waals surface area contributed by atoms with Gasteiger partial charge in [0.25, 0.3) is 5.69 Å². The zero-order chi connectivity index (χ0) is 19.8. The van der Waals surface area contributed by atoms with Crippen LogP contribution < -0.4 is 4.74 Å². The highest BCUT2D eigenvalue weighted by atomic mass is 35.5. The maximum Gasteiger partial charge on any atom is 0.416 e. The number of alkyl halides is 3. The molecule has 1 unspecified atom stereocenters.